The van der Waals surface area contributed by atoms with Crippen LogP contribution in [-0.4, -0.2) is 35.7 Å². The number of carbonyl (C=O) groups excluding carboxylic acids is 1. The minimum absolute atomic E-state index is 0.302. The third-order valence-electron chi connectivity index (χ3n) is 2.27. The molecule has 0 aliphatic carbocycles. The number of hydrogen-bond donors (Lipinski definition) is 2. The van der Waals surface area contributed by atoms with Crippen molar-refractivity contribution in [2.24, 2.45) is 5.41 Å². The molecule has 1 amide bonds. The Kier molecular flexibility index (Phi) is 3.70. The first-order valence-corrected chi connectivity index (χ1v) is 5.14. The van der Waals surface area contributed by atoms with E-state index in [1.807, 2.05) is 0 Å². The summed E-state index contributed by atoms with van der Waals surface area (Å²) in [6.07, 6.45) is 2.81. The van der Waals surface area contributed by atoms with Gasteiger partial charge < -0.3 is 15.2 Å². The summed E-state index contributed by atoms with van der Waals surface area (Å²) in [6, 6.07) is -1.02. The van der Waals surface area contributed by atoms with Crippen LogP contribution in [0.3, 0.4) is 0 Å². The fraction of sp³-hybridized carbons (Fsp3) is 0.636. The van der Waals surface area contributed by atoms with E-state index in [2.05, 4.69) is 5.32 Å². The van der Waals surface area contributed by atoms with Gasteiger partial charge in [-0.3, -0.25) is 4.79 Å². The van der Waals surface area contributed by atoms with Crippen molar-refractivity contribution in [3.8, 4) is 0 Å². The van der Waals surface area contributed by atoms with Crippen LogP contribution in [0.5, 0.6) is 0 Å². The minimum Gasteiger partial charge on any atom is -0.480 e. The molecule has 1 aliphatic heterocycles. The average molecular weight is 227 g/mol. The summed E-state index contributed by atoms with van der Waals surface area (Å²) in [7, 11) is 0. The van der Waals surface area contributed by atoms with Gasteiger partial charge in [-0.05, 0) is 0 Å². The molecule has 1 rings (SSSR count). The van der Waals surface area contributed by atoms with Crippen molar-refractivity contribution in [3.05, 3.63) is 12.2 Å². The Bertz CT molecular complexity index is 316. The number of rotatable bonds is 3. The van der Waals surface area contributed by atoms with Crippen LogP contribution in [0, 0.1) is 5.41 Å². The van der Waals surface area contributed by atoms with Gasteiger partial charge in [0.15, 0.2) is 6.04 Å². The summed E-state index contributed by atoms with van der Waals surface area (Å²) in [6.45, 7) is 5.58. The molecule has 16 heavy (non-hydrogen) atoms. The van der Waals surface area contributed by atoms with Gasteiger partial charge in [0.1, 0.15) is 6.10 Å². The molecule has 0 aromatic rings. The zero-order valence-electron chi connectivity index (χ0n) is 9.69. The van der Waals surface area contributed by atoms with Crippen molar-refractivity contribution in [3.63, 3.8) is 0 Å². The second kappa shape index (κ2) is 4.65. The van der Waals surface area contributed by atoms with Crippen LogP contribution >= 0.6 is 0 Å². The molecule has 0 bridgehead atoms. The van der Waals surface area contributed by atoms with Crippen molar-refractivity contribution < 1.29 is 19.4 Å². The molecule has 0 radical (unpaired) electrons. The summed E-state index contributed by atoms with van der Waals surface area (Å²) in [5.74, 6) is -1.39. The molecule has 0 unspecified atom stereocenters. The molecule has 2 N–H and O–H groups in total. The molecule has 2 atom stereocenters. The fourth-order valence-electron chi connectivity index (χ4n) is 1.26. The molecule has 0 aromatic carbocycles. The number of amides is 1. The topological polar surface area (TPSA) is 75.6 Å². The Labute approximate surface area is 94.5 Å². The Hall–Kier alpha value is -1.36. The average Bonchev–Trinajstić information content (AvgIpc) is 2.63. The third-order valence-corrected chi connectivity index (χ3v) is 2.27. The van der Waals surface area contributed by atoms with Gasteiger partial charge in [0, 0.05) is 5.41 Å². The van der Waals surface area contributed by atoms with Crippen LogP contribution in [0.2, 0.25) is 0 Å². The maximum atomic E-state index is 11.7. The fourth-order valence-corrected chi connectivity index (χ4v) is 1.26. The van der Waals surface area contributed by atoms with Crippen molar-refractivity contribution >= 4 is 11.9 Å². The Balaban J connectivity index is 2.69. The van der Waals surface area contributed by atoms with Gasteiger partial charge in [-0.1, -0.05) is 32.9 Å². The number of hydrogen-bond acceptors (Lipinski definition) is 3. The van der Waals surface area contributed by atoms with Crippen molar-refractivity contribution in [1.29, 1.82) is 0 Å². The van der Waals surface area contributed by atoms with Crippen molar-refractivity contribution in [1.82, 2.24) is 5.32 Å². The normalized spacial score (nSPS) is 21.8. The molecule has 0 aromatic heterocycles. The molecular weight excluding hydrogens is 210 g/mol. The number of carboxylic acids is 1. The first-order chi connectivity index (χ1) is 7.32. The highest BCUT2D eigenvalue weighted by Gasteiger charge is 2.33. The van der Waals surface area contributed by atoms with E-state index in [1.54, 1.807) is 32.9 Å². The van der Waals surface area contributed by atoms with E-state index in [9.17, 15) is 9.59 Å². The molecular formula is C11H17NO4. The number of nitrogens with one attached hydrogen (secondary N) is 1. The van der Waals surface area contributed by atoms with Crippen molar-refractivity contribution in [2.45, 2.75) is 32.9 Å². The highest BCUT2D eigenvalue weighted by molar-refractivity contribution is 5.87. The SMILES string of the molecule is CC(C)(C)C(=O)N[C@H](C(=O)O)[C@H]1C=CCO1. The largest absolute Gasteiger partial charge is 0.480 e. The van der Waals surface area contributed by atoms with Crippen LogP contribution in [-0.2, 0) is 14.3 Å². The molecule has 0 saturated heterocycles. The molecule has 0 spiro atoms. The molecule has 0 fully saturated rings. The second-order valence-corrected chi connectivity index (χ2v) is 4.77. The number of ether oxygens (including phenoxy) is 1. The van der Waals surface area contributed by atoms with Gasteiger partial charge in [0.25, 0.3) is 0 Å². The summed E-state index contributed by atoms with van der Waals surface area (Å²) >= 11 is 0. The van der Waals surface area contributed by atoms with Crippen LogP contribution < -0.4 is 5.32 Å². The molecule has 90 valence electrons. The predicted octanol–water partition coefficient (Wildman–Crippen LogP) is 0.557. The lowest BCUT2D eigenvalue weighted by molar-refractivity contribution is -0.146. The lowest BCUT2D eigenvalue weighted by atomic mass is 9.95. The second-order valence-electron chi connectivity index (χ2n) is 4.77. The van der Waals surface area contributed by atoms with Gasteiger partial charge in [-0.15, -0.1) is 0 Å². The van der Waals surface area contributed by atoms with E-state index >= 15 is 0 Å². The lowest BCUT2D eigenvalue weighted by Crippen LogP contribution is -2.51. The van der Waals surface area contributed by atoms with Gasteiger partial charge in [0.05, 0.1) is 6.61 Å². The number of carboxylic acid groups (broad SMARTS) is 1. The maximum Gasteiger partial charge on any atom is 0.329 e. The molecule has 1 heterocycles. The van der Waals surface area contributed by atoms with Gasteiger partial charge in [-0.25, -0.2) is 4.79 Å². The van der Waals surface area contributed by atoms with Crippen LogP contribution in [0.1, 0.15) is 20.8 Å². The highest BCUT2D eigenvalue weighted by Crippen LogP contribution is 2.15. The van der Waals surface area contributed by atoms with E-state index in [4.69, 9.17) is 9.84 Å². The van der Waals surface area contributed by atoms with Crippen LogP contribution in [0.4, 0.5) is 0 Å². The zero-order valence-corrected chi connectivity index (χ0v) is 9.69. The van der Waals surface area contributed by atoms with Crippen LogP contribution in [0.15, 0.2) is 12.2 Å². The Morgan fingerprint density at radius 3 is 2.50 bits per heavy atom. The molecule has 5 nitrogen and oxygen atoms in total. The van der Waals surface area contributed by atoms with E-state index < -0.39 is 23.5 Å². The first-order valence-electron chi connectivity index (χ1n) is 5.14. The summed E-state index contributed by atoms with van der Waals surface area (Å²) in [5, 5.41) is 11.5. The monoisotopic (exact) mass is 227 g/mol. The summed E-state index contributed by atoms with van der Waals surface area (Å²) < 4.78 is 5.18. The van der Waals surface area contributed by atoms with Gasteiger partial charge in [0.2, 0.25) is 5.91 Å². The van der Waals surface area contributed by atoms with Gasteiger partial charge >= 0.3 is 5.97 Å². The highest BCUT2D eigenvalue weighted by atomic mass is 16.5. The smallest absolute Gasteiger partial charge is 0.329 e. The number of carbonyl (C=O) groups is 2. The Morgan fingerprint density at radius 1 is 1.50 bits per heavy atom. The lowest BCUT2D eigenvalue weighted by Gasteiger charge is -2.24. The van der Waals surface area contributed by atoms with E-state index in [0.29, 0.717) is 6.61 Å². The van der Waals surface area contributed by atoms with E-state index in [1.165, 1.54) is 0 Å². The van der Waals surface area contributed by atoms with Crippen molar-refractivity contribution in [2.75, 3.05) is 6.61 Å². The Morgan fingerprint density at radius 2 is 2.12 bits per heavy atom. The van der Waals surface area contributed by atoms with Gasteiger partial charge in [-0.2, -0.15) is 0 Å². The zero-order chi connectivity index (χ0) is 12.3. The molecule has 0 saturated carbocycles. The number of aliphatic carboxylic acids is 1. The first kappa shape index (κ1) is 12.7. The summed E-state index contributed by atoms with van der Waals surface area (Å²) in [4.78, 5) is 22.7. The molecule has 5 heteroatoms. The standard InChI is InChI=1S/C11H17NO4/c1-11(2,3)10(15)12-8(9(13)14)7-5-4-6-16-7/h4-5,7-8H,6H2,1-3H3,(H,12,15)(H,13,14)/t7-,8+/m1/s1. The minimum atomic E-state index is -1.09. The predicted molar refractivity (Wildman–Crippen MR) is 57.9 cm³/mol. The van der Waals surface area contributed by atoms with E-state index in [-0.39, 0.29) is 5.91 Å². The summed E-state index contributed by atoms with van der Waals surface area (Å²) in [5.41, 5.74) is -0.615. The van der Waals surface area contributed by atoms with E-state index in [0.717, 1.165) is 0 Å². The third kappa shape index (κ3) is 3.06. The van der Waals surface area contributed by atoms with Crippen LogP contribution in [0.25, 0.3) is 0 Å². The molecule has 1 aliphatic rings. The quantitative estimate of drug-likeness (QED) is 0.691. The maximum absolute atomic E-state index is 11.7.